The molecule has 1 amide bonds. The number of aromatic nitrogens is 1. The second-order valence-corrected chi connectivity index (χ2v) is 7.00. The lowest BCUT2D eigenvalue weighted by molar-refractivity contribution is -0.384. The molecule has 1 aliphatic rings. The smallest absolute Gasteiger partial charge is 0.269 e. The maximum absolute atomic E-state index is 12.8. The lowest BCUT2D eigenvalue weighted by atomic mass is 10.1. The molecule has 2 heterocycles. The van der Waals surface area contributed by atoms with Crippen LogP contribution in [0.5, 0.6) is 0 Å². The normalized spacial score (nSPS) is 16.4. The van der Waals surface area contributed by atoms with E-state index in [0.29, 0.717) is 27.8 Å². The molecule has 0 N–H and O–H groups in total. The molecule has 4 rings (SSSR count). The van der Waals surface area contributed by atoms with E-state index in [2.05, 4.69) is 20.3 Å². The predicted octanol–water partition coefficient (Wildman–Crippen LogP) is 4.59. The van der Waals surface area contributed by atoms with Crippen LogP contribution in [0.3, 0.4) is 0 Å². The molecule has 0 unspecified atom stereocenters. The predicted molar refractivity (Wildman–Crippen MR) is 110 cm³/mol. The topological polar surface area (TPSA) is 113 Å². The highest BCUT2D eigenvalue weighted by Gasteiger charge is 2.36. The van der Waals surface area contributed by atoms with Crippen LogP contribution in [0.15, 0.2) is 75.3 Å². The Morgan fingerprint density at radius 1 is 1.17 bits per heavy atom. The molecule has 0 radical (unpaired) electrons. The van der Waals surface area contributed by atoms with E-state index < -0.39 is 11.0 Å². The van der Waals surface area contributed by atoms with E-state index in [4.69, 9.17) is 0 Å². The van der Waals surface area contributed by atoms with Gasteiger partial charge in [-0.2, -0.15) is 20.3 Å². The number of rotatable bonds is 5. The van der Waals surface area contributed by atoms with E-state index in [0.717, 1.165) is 0 Å². The first kappa shape index (κ1) is 18.6. The fraction of sp³-hybridized carbons (Fsp3) is 0.105. The standard InChI is InChI=1S/C19H14N6O3S/c1-12-17(22-21-14-7-3-2-4-8-14)18(26)24(23-12)19-20-16(11-29-19)13-6-5-9-15(10-13)25(27)28/h2-11,17H,1H3/t17-/m0/s1. The highest BCUT2D eigenvalue weighted by atomic mass is 32.1. The maximum atomic E-state index is 12.8. The summed E-state index contributed by atoms with van der Waals surface area (Å²) < 4.78 is 0. The average molecular weight is 406 g/mol. The second-order valence-electron chi connectivity index (χ2n) is 6.17. The van der Waals surface area contributed by atoms with Gasteiger partial charge in [0.25, 0.3) is 11.6 Å². The van der Waals surface area contributed by atoms with Crippen molar-refractivity contribution >= 4 is 39.5 Å². The molecule has 3 aromatic rings. The molecule has 29 heavy (non-hydrogen) atoms. The maximum Gasteiger partial charge on any atom is 0.282 e. The van der Waals surface area contributed by atoms with Gasteiger partial charge in [-0.1, -0.05) is 30.3 Å². The molecule has 0 spiro atoms. The number of nitro benzene ring substituents is 1. The van der Waals surface area contributed by atoms with E-state index in [-0.39, 0.29) is 11.6 Å². The number of anilines is 1. The summed E-state index contributed by atoms with van der Waals surface area (Å²) in [6, 6.07) is 14.5. The molecule has 144 valence electrons. The number of hydrazone groups is 1. The molecule has 1 aromatic heterocycles. The van der Waals surface area contributed by atoms with Crippen molar-refractivity contribution in [3.63, 3.8) is 0 Å². The number of non-ortho nitro benzene ring substituents is 1. The van der Waals surface area contributed by atoms with E-state index in [1.807, 2.05) is 18.2 Å². The van der Waals surface area contributed by atoms with Crippen molar-refractivity contribution < 1.29 is 9.72 Å². The van der Waals surface area contributed by atoms with Crippen LogP contribution in [0, 0.1) is 10.1 Å². The van der Waals surface area contributed by atoms with Crippen molar-refractivity contribution in [1.82, 2.24) is 4.98 Å². The van der Waals surface area contributed by atoms with Crippen molar-refractivity contribution in [3.05, 3.63) is 70.1 Å². The zero-order valence-corrected chi connectivity index (χ0v) is 16.0. The summed E-state index contributed by atoms with van der Waals surface area (Å²) in [6.45, 7) is 1.71. The number of nitrogens with zero attached hydrogens (tertiary/aromatic N) is 6. The van der Waals surface area contributed by atoms with Crippen LogP contribution < -0.4 is 5.01 Å². The largest absolute Gasteiger partial charge is 0.282 e. The summed E-state index contributed by atoms with van der Waals surface area (Å²) in [7, 11) is 0. The van der Waals surface area contributed by atoms with Gasteiger partial charge in [-0.15, -0.1) is 11.3 Å². The summed E-state index contributed by atoms with van der Waals surface area (Å²) in [5.41, 5.74) is 2.26. The van der Waals surface area contributed by atoms with Crippen LogP contribution in [0.25, 0.3) is 11.3 Å². The quantitative estimate of drug-likeness (QED) is 0.350. The van der Waals surface area contributed by atoms with Crippen molar-refractivity contribution in [2.45, 2.75) is 13.0 Å². The van der Waals surface area contributed by atoms with Gasteiger partial charge in [0.15, 0.2) is 6.04 Å². The van der Waals surface area contributed by atoms with E-state index >= 15 is 0 Å². The number of hydrogen-bond donors (Lipinski definition) is 0. The molecule has 0 fully saturated rings. The summed E-state index contributed by atoms with van der Waals surface area (Å²) in [6.07, 6.45) is 0. The van der Waals surface area contributed by atoms with E-state index in [1.54, 1.807) is 36.6 Å². The zero-order chi connectivity index (χ0) is 20.4. The second kappa shape index (κ2) is 7.68. The fourth-order valence-electron chi connectivity index (χ4n) is 2.72. The molecule has 0 aliphatic carbocycles. The molecule has 0 bridgehead atoms. The van der Waals surface area contributed by atoms with Crippen LogP contribution in [-0.4, -0.2) is 27.6 Å². The lowest BCUT2D eigenvalue weighted by Crippen LogP contribution is -2.29. The van der Waals surface area contributed by atoms with Gasteiger partial charge < -0.3 is 0 Å². The Morgan fingerprint density at radius 2 is 1.97 bits per heavy atom. The van der Waals surface area contributed by atoms with Crippen molar-refractivity contribution in [2.75, 3.05) is 5.01 Å². The minimum Gasteiger partial charge on any atom is -0.269 e. The minimum atomic E-state index is -0.805. The number of amides is 1. The molecule has 9 nitrogen and oxygen atoms in total. The number of carbonyl (C=O) groups is 1. The zero-order valence-electron chi connectivity index (χ0n) is 15.2. The van der Waals surface area contributed by atoms with Gasteiger partial charge in [0, 0.05) is 23.1 Å². The monoisotopic (exact) mass is 406 g/mol. The third-order valence-electron chi connectivity index (χ3n) is 4.17. The molecule has 1 atom stereocenters. The highest BCUT2D eigenvalue weighted by molar-refractivity contribution is 7.14. The van der Waals surface area contributed by atoms with Crippen molar-refractivity contribution in [3.8, 4) is 11.3 Å². The summed E-state index contributed by atoms with van der Waals surface area (Å²) >= 11 is 1.22. The van der Waals surface area contributed by atoms with E-state index in [1.165, 1.54) is 28.5 Å². The summed E-state index contributed by atoms with van der Waals surface area (Å²) in [5, 5.41) is 26.8. The SMILES string of the molecule is CC1=NN(c2nc(-c3cccc([N+](=O)[O-])c3)cs2)C(=O)[C@H]1N=Nc1ccccc1. The summed E-state index contributed by atoms with van der Waals surface area (Å²) in [4.78, 5) is 27.7. The molecule has 1 aliphatic heterocycles. The van der Waals surface area contributed by atoms with Crippen LogP contribution in [0.2, 0.25) is 0 Å². The molecule has 2 aromatic carbocycles. The molecular weight excluding hydrogens is 392 g/mol. The van der Waals surface area contributed by atoms with Crippen LogP contribution >= 0.6 is 11.3 Å². The van der Waals surface area contributed by atoms with Crippen molar-refractivity contribution in [2.24, 2.45) is 15.3 Å². The van der Waals surface area contributed by atoms with Gasteiger partial charge in [-0.25, -0.2) is 4.98 Å². The number of thiazole rings is 1. The van der Waals surface area contributed by atoms with Gasteiger partial charge in [0.05, 0.1) is 22.0 Å². The Labute approximate surface area is 169 Å². The molecule has 10 heteroatoms. The van der Waals surface area contributed by atoms with Gasteiger partial charge in [0.2, 0.25) is 5.13 Å². The van der Waals surface area contributed by atoms with Crippen LogP contribution in [0.4, 0.5) is 16.5 Å². The third-order valence-corrected chi connectivity index (χ3v) is 4.98. The van der Waals surface area contributed by atoms with Gasteiger partial charge >= 0.3 is 0 Å². The Kier molecular flexibility index (Phi) is 4.92. The average Bonchev–Trinajstić information content (AvgIpc) is 3.32. The number of azo groups is 1. The number of carbonyl (C=O) groups excluding carboxylic acids is 1. The Balaban J connectivity index is 1.56. The van der Waals surface area contributed by atoms with Gasteiger partial charge in [-0.3, -0.25) is 14.9 Å². The van der Waals surface area contributed by atoms with E-state index in [9.17, 15) is 14.9 Å². The van der Waals surface area contributed by atoms with Crippen LogP contribution in [-0.2, 0) is 4.79 Å². The Hall–Kier alpha value is -3.79. The van der Waals surface area contributed by atoms with Gasteiger partial charge in [0.1, 0.15) is 0 Å². The molecular formula is C19H14N6O3S. The highest BCUT2D eigenvalue weighted by Crippen LogP contribution is 2.31. The fourth-order valence-corrected chi connectivity index (χ4v) is 3.51. The molecule has 0 saturated heterocycles. The first-order valence-corrected chi connectivity index (χ1v) is 9.46. The third kappa shape index (κ3) is 3.78. The van der Waals surface area contributed by atoms with Gasteiger partial charge in [-0.05, 0) is 19.1 Å². The Bertz CT molecular complexity index is 1140. The first-order valence-electron chi connectivity index (χ1n) is 8.58. The summed E-state index contributed by atoms with van der Waals surface area (Å²) in [5.74, 6) is -0.345. The number of benzene rings is 2. The first-order chi connectivity index (χ1) is 14.0. The Morgan fingerprint density at radius 3 is 2.72 bits per heavy atom. The number of nitro groups is 1. The minimum absolute atomic E-state index is 0.0236. The van der Waals surface area contributed by atoms with Crippen molar-refractivity contribution in [1.29, 1.82) is 0 Å². The lowest BCUT2D eigenvalue weighted by Gasteiger charge is -2.08. The number of hydrogen-bond acceptors (Lipinski definition) is 8. The molecule has 0 saturated carbocycles. The van der Waals surface area contributed by atoms with Crippen LogP contribution in [0.1, 0.15) is 6.92 Å².